The fourth-order valence-corrected chi connectivity index (χ4v) is 4.18. The molecule has 0 aliphatic carbocycles. The Morgan fingerprint density at radius 2 is 1.88 bits per heavy atom. The SMILES string of the molecule is CC(O)(C1=CC(Cl)=IC(Cl)=N1)c1ccccc1. The molecule has 1 aliphatic rings. The van der Waals surface area contributed by atoms with E-state index in [2.05, 4.69) is 4.99 Å². The number of rotatable bonds is 2. The van der Waals surface area contributed by atoms with Crippen molar-refractivity contribution in [3.8, 4) is 0 Å². The molecule has 1 heterocycles. The van der Waals surface area contributed by atoms with Crippen LogP contribution in [0.15, 0.2) is 47.1 Å². The van der Waals surface area contributed by atoms with Gasteiger partial charge in [0.2, 0.25) is 0 Å². The third kappa shape index (κ3) is 2.96. The Morgan fingerprint density at radius 1 is 1.24 bits per heavy atom. The lowest BCUT2D eigenvalue weighted by atomic mass is 9.92. The van der Waals surface area contributed by atoms with Gasteiger partial charge in [-0.3, -0.25) is 0 Å². The highest BCUT2D eigenvalue weighted by molar-refractivity contribution is 14.2. The highest BCUT2D eigenvalue weighted by atomic mass is 127. The predicted octanol–water partition coefficient (Wildman–Crippen LogP) is 3.73. The Balaban J connectivity index is 2.45. The van der Waals surface area contributed by atoms with E-state index in [-0.39, 0.29) is 0 Å². The quantitative estimate of drug-likeness (QED) is 0.778. The molecule has 0 bridgehead atoms. The zero-order valence-corrected chi connectivity index (χ0v) is 12.7. The fourth-order valence-electron chi connectivity index (χ4n) is 1.51. The number of hydrogen-bond donors (Lipinski definition) is 1. The first-order chi connectivity index (χ1) is 8.00. The summed E-state index contributed by atoms with van der Waals surface area (Å²) in [5, 5.41) is 10.6. The summed E-state index contributed by atoms with van der Waals surface area (Å²) in [7, 11) is 0. The minimum absolute atomic E-state index is 0.490. The number of hydrogen-bond acceptors (Lipinski definition) is 2. The molecule has 90 valence electrons. The number of benzene rings is 1. The first kappa shape index (κ1) is 13.2. The third-order valence-electron chi connectivity index (χ3n) is 2.45. The van der Waals surface area contributed by atoms with Gasteiger partial charge in [-0.15, -0.1) is 0 Å². The van der Waals surface area contributed by atoms with Gasteiger partial charge in [0.25, 0.3) is 0 Å². The number of allylic oxidation sites excluding steroid dienone is 1. The van der Waals surface area contributed by atoms with E-state index < -0.39 is 26.3 Å². The Labute approximate surface area is 120 Å². The first-order valence-corrected chi connectivity index (χ1v) is 7.83. The van der Waals surface area contributed by atoms with E-state index in [0.717, 1.165) is 5.56 Å². The summed E-state index contributed by atoms with van der Waals surface area (Å²) in [6.45, 7) is 1.69. The van der Waals surface area contributed by atoms with Crippen molar-refractivity contribution in [1.29, 1.82) is 0 Å². The van der Waals surface area contributed by atoms with Crippen LogP contribution in [0, 0.1) is 0 Å². The lowest BCUT2D eigenvalue weighted by Crippen LogP contribution is -2.24. The Hall–Kier alpha value is -0.230. The van der Waals surface area contributed by atoms with Gasteiger partial charge in [-0.25, -0.2) is 4.99 Å². The van der Waals surface area contributed by atoms with Crippen LogP contribution in [0.25, 0.3) is 0 Å². The molecule has 1 aromatic rings. The minimum atomic E-state index is -1.17. The van der Waals surface area contributed by atoms with Gasteiger partial charge in [0.1, 0.15) is 5.60 Å². The summed E-state index contributed by atoms with van der Waals surface area (Å²) in [5.74, 6) is 0. The normalized spacial score (nSPS) is 19.4. The summed E-state index contributed by atoms with van der Waals surface area (Å²) in [6.07, 6.45) is 1.72. The van der Waals surface area contributed by atoms with E-state index in [1.165, 1.54) is 0 Å². The Kier molecular flexibility index (Phi) is 4.02. The van der Waals surface area contributed by atoms with Crippen LogP contribution in [0.1, 0.15) is 12.5 Å². The monoisotopic (exact) mass is 381 g/mol. The standard InChI is InChI=1S/C12H10Cl2INO/c1-12(17,8-5-3-2-4-6-8)9-7-10(13)15-11(14)16-9/h2-7,17H,1H3. The van der Waals surface area contributed by atoms with Crippen LogP contribution in [0.4, 0.5) is 0 Å². The van der Waals surface area contributed by atoms with Gasteiger partial charge >= 0.3 is 0 Å². The maximum atomic E-state index is 10.6. The zero-order valence-electron chi connectivity index (χ0n) is 8.99. The van der Waals surface area contributed by atoms with Crippen molar-refractivity contribution in [1.82, 2.24) is 0 Å². The van der Waals surface area contributed by atoms with Crippen molar-refractivity contribution in [2.75, 3.05) is 0 Å². The highest BCUT2D eigenvalue weighted by Crippen LogP contribution is 2.34. The topological polar surface area (TPSA) is 32.6 Å². The third-order valence-corrected chi connectivity index (χ3v) is 5.12. The second-order valence-electron chi connectivity index (χ2n) is 3.70. The predicted molar refractivity (Wildman–Crippen MR) is 82.3 cm³/mol. The second kappa shape index (κ2) is 5.18. The van der Waals surface area contributed by atoms with Crippen molar-refractivity contribution in [2.45, 2.75) is 12.5 Å². The van der Waals surface area contributed by atoms with Crippen molar-refractivity contribution < 1.29 is 5.11 Å². The van der Waals surface area contributed by atoms with Gasteiger partial charge in [0.05, 0.1) is 8.67 Å². The maximum absolute atomic E-state index is 10.6. The van der Waals surface area contributed by atoms with Gasteiger partial charge in [-0.2, -0.15) is 0 Å². The van der Waals surface area contributed by atoms with Gasteiger partial charge in [-0.05, 0) is 39.3 Å². The lowest BCUT2D eigenvalue weighted by Gasteiger charge is -2.25. The number of aliphatic hydroxyl groups is 1. The molecule has 0 amide bonds. The van der Waals surface area contributed by atoms with Crippen LogP contribution in [0.5, 0.6) is 0 Å². The van der Waals surface area contributed by atoms with E-state index in [9.17, 15) is 5.11 Å². The van der Waals surface area contributed by atoms with E-state index in [0.29, 0.717) is 11.8 Å². The van der Waals surface area contributed by atoms with Crippen molar-refractivity contribution >= 4 is 50.1 Å². The molecule has 0 saturated carbocycles. The molecular weight excluding hydrogens is 372 g/mol. The van der Waals surface area contributed by atoms with Crippen LogP contribution < -0.4 is 0 Å². The van der Waals surface area contributed by atoms with Crippen molar-refractivity contribution in [3.63, 3.8) is 0 Å². The Bertz CT molecular complexity index is 518. The van der Waals surface area contributed by atoms with E-state index in [4.69, 9.17) is 23.2 Å². The van der Waals surface area contributed by atoms with Crippen LogP contribution in [0.3, 0.4) is 0 Å². The zero-order chi connectivity index (χ0) is 12.5. The van der Waals surface area contributed by atoms with E-state index >= 15 is 0 Å². The van der Waals surface area contributed by atoms with Crippen LogP contribution in [0.2, 0.25) is 0 Å². The van der Waals surface area contributed by atoms with Crippen LogP contribution in [-0.2, 0) is 5.60 Å². The molecular formula is C12H10Cl2INO. The average molecular weight is 382 g/mol. The summed E-state index contributed by atoms with van der Waals surface area (Å²) in [4.78, 5) is 4.22. The summed E-state index contributed by atoms with van der Waals surface area (Å²) in [6, 6.07) is 9.34. The van der Waals surface area contributed by atoms with Crippen LogP contribution in [-0.4, -0.2) is 11.3 Å². The van der Waals surface area contributed by atoms with Crippen molar-refractivity contribution in [2.24, 2.45) is 4.99 Å². The maximum Gasteiger partial charge on any atom is 0.162 e. The summed E-state index contributed by atoms with van der Waals surface area (Å²) >= 11 is 11.4. The molecule has 1 aliphatic heterocycles. The van der Waals surface area contributed by atoms with Crippen LogP contribution >= 0.6 is 43.9 Å². The molecule has 0 spiro atoms. The average Bonchev–Trinajstić information content (AvgIpc) is 2.29. The summed E-state index contributed by atoms with van der Waals surface area (Å²) < 4.78 is 1.19. The lowest BCUT2D eigenvalue weighted by molar-refractivity contribution is 0.0964. The molecule has 1 N–H and O–H groups in total. The molecule has 0 aromatic heterocycles. The molecule has 5 heteroatoms. The van der Waals surface area contributed by atoms with E-state index in [1.54, 1.807) is 13.0 Å². The van der Waals surface area contributed by atoms with Crippen molar-refractivity contribution in [3.05, 3.63) is 47.7 Å². The highest BCUT2D eigenvalue weighted by Gasteiger charge is 2.29. The van der Waals surface area contributed by atoms with Gasteiger partial charge in [-0.1, -0.05) is 53.5 Å². The molecule has 0 saturated heterocycles. The smallest absolute Gasteiger partial charge is 0.162 e. The van der Waals surface area contributed by atoms with Gasteiger partial charge < -0.3 is 5.11 Å². The molecule has 2 nitrogen and oxygen atoms in total. The van der Waals surface area contributed by atoms with E-state index in [1.807, 2.05) is 30.3 Å². The number of aliphatic imine (C=N–C) groups is 1. The fraction of sp³-hybridized carbons (Fsp3) is 0.167. The summed E-state index contributed by atoms with van der Waals surface area (Å²) in [5.41, 5.74) is 0.0831. The molecule has 0 fully saturated rings. The molecule has 1 aromatic carbocycles. The Morgan fingerprint density at radius 3 is 2.47 bits per heavy atom. The molecule has 1 atom stereocenters. The minimum Gasteiger partial charge on any atom is -0.379 e. The van der Waals surface area contributed by atoms with Gasteiger partial charge in [0.15, 0.2) is 3.18 Å². The molecule has 2 rings (SSSR count). The molecule has 17 heavy (non-hydrogen) atoms. The second-order valence-corrected chi connectivity index (χ2v) is 8.47. The molecule has 1 unspecified atom stereocenters. The number of halogens is 3. The largest absolute Gasteiger partial charge is 0.379 e. The van der Waals surface area contributed by atoms with Gasteiger partial charge in [0, 0.05) is 0 Å². The molecule has 0 radical (unpaired) electrons. The number of nitrogens with zero attached hydrogens (tertiary/aromatic N) is 1. The first-order valence-electron chi connectivity index (χ1n) is 4.91.